The van der Waals surface area contributed by atoms with E-state index in [1.807, 2.05) is 0 Å². The lowest BCUT2D eigenvalue weighted by Crippen LogP contribution is -2.36. The van der Waals surface area contributed by atoms with Crippen LogP contribution in [0.1, 0.15) is 25.0 Å². The Balaban J connectivity index is 2.07. The summed E-state index contributed by atoms with van der Waals surface area (Å²) in [5.74, 6) is -3.87. The number of ether oxygens (including phenoxy) is 1. The molecule has 6 nitrogen and oxygen atoms in total. The molecule has 0 aliphatic rings. The van der Waals surface area contributed by atoms with E-state index in [1.165, 1.54) is 30.3 Å². The maximum Gasteiger partial charge on any atom is 0.416 e. The van der Waals surface area contributed by atoms with Gasteiger partial charge < -0.3 is 9.84 Å². The number of aliphatic carboxylic acids is 1. The van der Waals surface area contributed by atoms with Crippen LogP contribution in [0.4, 0.5) is 22.0 Å². The molecule has 0 radical (unpaired) electrons. The minimum atomic E-state index is -4.64. The van der Waals surface area contributed by atoms with Crippen molar-refractivity contribution in [1.29, 1.82) is 0 Å². The largest absolute Gasteiger partial charge is 0.481 e. The van der Waals surface area contributed by atoms with E-state index in [-0.39, 0.29) is 23.4 Å². The van der Waals surface area contributed by atoms with Gasteiger partial charge in [-0.05, 0) is 67.4 Å². The second-order valence-electron chi connectivity index (χ2n) is 8.31. The first kappa shape index (κ1) is 28.1. The third-order valence-electron chi connectivity index (χ3n) is 5.31. The predicted octanol–water partition coefficient (Wildman–Crippen LogP) is 5.71. The molecule has 0 aromatic heterocycles. The molecule has 0 aliphatic carbocycles. The summed E-state index contributed by atoms with van der Waals surface area (Å²) in [7, 11) is -4.30. The molecule has 3 rings (SSSR count). The van der Waals surface area contributed by atoms with Crippen molar-refractivity contribution in [2.24, 2.45) is 0 Å². The quantitative estimate of drug-likeness (QED) is 0.350. The molecule has 0 unspecified atom stereocenters. The maximum absolute atomic E-state index is 13.7. The average Bonchev–Trinajstić information content (AvgIpc) is 2.82. The van der Waals surface area contributed by atoms with Gasteiger partial charge in [0.2, 0.25) is 10.0 Å². The third-order valence-corrected chi connectivity index (χ3v) is 7.33. The van der Waals surface area contributed by atoms with E-state index in [4.69, 9.17) is 9.84 Å². The Morgan fingerprint density at radius 1 is 1.00 bits per heavy atom. The highest BCUT2D eigenvalue weighted by molar-refractivity contribution is 7.89. The fraction of sp³-hybridized carbons (Fsp3) is 0.240. The van der Waals surface area contributed by atoms with E-state index < -0.39 is 56.9 Å². The van der Waals surface area contributed by atoms with Crippen molar-refractivity contribution in [3.63, 3.8) is 0 Å². The first-order chi connectivity index (χ1) is 17.2. The van der Waals surface area contributed by atoms with Gasteiger partial charge in [-0.25, -0.2) is 22.0 Å². The lowest BCUT2D eigenvalue weighted by molar-refractivity contribution is -0.139. The summed E-state index contributed by atoms with van der Waals surface area (Å²) >= 11 is 0. The normalized spacial score (nSPS) is 12.2. The second-order valence-corrected chi connectivity index (χ2v) is 10.2. The van der Waals surface area contributed by atoms with Gasteiger partial charge in [-0.2, -0.15) is 17.5 Å². The molecule has 0 fully saturated rings. The number of rotatable bonds is 9. The van der Waals surface area contributed by atoms with Gasteiger partial charge in [0.05, 0.1) is 10.5 Å². The zero-order chi connectivity index (χ0) is 27.5. The number of alkyl halides is 3. The summed E-state index contributed by atoms with van der Waals surface area (Å²) in [4.78, 5) is 10.5. The number of hydrogen-bond donors (Lipinski definition) is 1. The van der Waals surface area contributed by atoms with E-state index in [0.29, 0.717) is 17.7 Å². The molecule has 0 saturated heterocycles. The zero-order valence-corrected chi connectivity index (χ0v) is 20.4. The molecule has 12 heteroatoms. The summed E-state index contributed by atoms with van der Waals surface area (Å²) in [5, 5.41) is 8.96. The van der Waals surface area contributed by atoms with Crippen molar-refractivity contribution in [3.8, 4) is 16.9 Å². The van der Waals surface area contributed by atoms with E-state index >= 15 is 0 Å². The summed E-state index contributed by atoms with van der Waals surface area (Å²) in [6.07, 6.45) is -4.64. The number of nitrogens with zero attached hydrogens (tertiary/aromatic N) is 1. The Kier molecular flexibility index (Phi) is 8.23. The molecule has 0 saturated carbocycles. The SMILES string of the molecule is CC(C)N(Cc1ccc(OCC(=O)O)c(-c2cccc(C(F)(F)F)c2)c1)S(=O)(=O)c1ccc(F)c(F)c1. The van der Waals surface area contributed by atoms with E-state index in [0.717, 1.165) is 22.5 Å². The van der Waals surface area contributed by atoms with Gasteiger partial charge in [-0.15, -0.1) is 0 Å². The lowest BCUT2D eigenvalue weighted by Gasteiger charge is -2.26. The van der Waals surface area contributed by atoms with Gasteiger partial charge >= 0.3 is 12.1 Å². The summed E-state index contributed by atoms with van der Waals surface area (Å²) in [6.45, 7) is 2.10. The number of hydrogen-bond acceptors (Lipinski definition) is 4. The molecule has 3 aromatic carbocycles. The molecule has 1 N–H and O–H groups in total. The van der Waals surface area contributed by atoms with Crippen molar-refractivity contribution in [1.82, 2.24) is 4.31 Å². The van der Waals surface area contributed by atoms with Crippen LogP contribution in [0.25, 0.3) is 11.1 Å². The number of carboxylic acids is 1. The Bertz CT molecular complexity index is 1410. The molecule has 0 heterocycles. The molecule has 3 aromatic rings. The molecular weight excluding hydrogens is 521 g/mol. The molecule has 0 bridgehead atoms. The Labute approximate surface area is 210 Å². The fourth-order valence-corrected chi connectivity index (χ4v) is 5.16. The Hall–Kier alpha value is -3.51. The molecule has 0 atom stereocenters. The van der Waals surface area contributed by atoms with Crippen molar-refractivity contribution < 1.29 is 45.0 Å². The first-order valence-corrected chi connectivity index (χ1v) is 12.3. The van der Waals surface area contributed by atoms with Crippen LogP contribution in [0.15, 0.2) is 65.6 Å². The van der Waals surface area contributed by atoms with Crippen molar-refractivity contribution in [2.75, 3.05) is 6.61 Å². The van der Waals surface area contributed by atoms with E-state index in [2.05, 4.69) is 0 Å². The monoisotopic (exact) mass is 543 g/mol. The standard InChI is InChI=1S/C25H22F5NO5S/c1-15(2)31(37(34,35)19-7-8-21(26)22(27)12-19)13-16-6-9-23(36-14-24(32)33)20(10-16)17-4-3-5-18(11-17)25(28,29)30/h3-12,15H,13-14H2,1-2H3,(H,32,33). The first-order valence-electron chi connectivity index (χ1n) is 10.8. The number of halogens is 5. The van der Waals surface area contributed by atoms with Crippen LogP contribution in [0.3, 0.4) is 0 Å². The van der Waals surface area contributed by atoms with Crippen LogP contribution in [-0.2, 0) is 27.5 Å². The van der Waals surface area contributed by atoms with Crippen LogP contribution in [0.2, 0.25) is 0 Å². The fourth-order valence-electron chi connectivity index (χ4n) is 3.53. The zero-order valence-electron chi connectivity index (χ0n) is 19.6. The van der Waals surface area contributed by atoms with Crippen molar-refractivity contribution in [2.45, 2.75) is 37.5 Å². The van der Waals surface area contributed by atoms with Gasteiger partial charge in [0.15, 0.2) is 18.2 Å². The van der Waals surface area contributed by atoms with Crippen molar-refractivity contribution in [3.05, 3.63) is 83.4 Å². The van der Waals surface area contributed by atoms with Gasteiger partial charge in [0.25, 0.3) is 0 Å². The Morgan fingerprint density at radius 3 is 2.30 bits per heavy atom. The summed E-state index contributed by atoms with van der Waals surface area (Å²) in [6, 6.07) is 10.0. The van der Waals surface area contributed by atoms with Gasteiger partial charge in [0.1, 0.15) is 5.75 Å². The third kappa shape index (κ3) is 6.63. The molecular formula is C25H22F5NO5S. The van der Waals surface area contributed by atoms with Gasteiger partial charge in [0, 0.05) is 18.2 Å². The number of carboxylic acid groups (broad SMARTS) is 1. The molecule has 0 spiro atoms. The molecule has 198 valence electrons. The maximum atomic E-state index is 13.7. The second kappa shape index (κ2) is 10.9. The van der Waals surface area contributed by atoms with E-state index in [1.54, 1.807) is 13.8 Å². The van der Waals surface area contributed by atoms with Crippen LogP contribution >= 0.6 is 0 Å². The van der Waals surface area contributed by atoms with Crippen LogP contribution in [0.5, 0.6) is 5.75 Å². The number of benzene rings is 3. The summed E-state index contributed by atoms with van der Waals surface area (Å²) in [5.41, 5.74) is -0.436. The minimum Gasteiger partial charge on any atom is -0.481 e. The van der Waals surface area contributed by atoms with Crippen LogP contribution in [0, 0.1) is 11.6 Å². The summed E-state index contributed by atoms with van der Waals surface area (Å²) < 4.78 is 99.7. The highest BCUT2D eigenvalue weighted by atomic mass is 32.2. The van der Waals surface area contributed by atoms with Gasteiger partial charge in [-0.1, -0.05) is 18.2 Å². The predicted molar refractivity (Wildman–Crippen MR) is 124 cm³/mol. The average molecular weight is 544 g/mol. The Morgan fingerprint density at radius 2 is 1.70 bits per heavy atom. The topological polar surface area (TPSA) is 83.9 Å². The minimum absolute atomic E-state index is 0.0231. The number of carbonyl (C=O) groups is 1. The van der Waals surface area contributed by atoms with Crippen molar-refractivity contribution >= 4 is 16.0 Å². The highest BCUT2D eigenvalue weighted by Gasteiger charge is 2.31. The smallest absolute Gasteiger partial charge is 0.416 e. The highest BCUT2D eigenvalue weighted by Crippen LogP contribution is 2.36. The molecule has 37 heavy (non-hydrogen) atoms. The van der Waals surface area contributed by atoms with E-state index in [9.17, 15) is 35.2 Å². The van der Waals surface area contributed by atoms with Crippen LogP contribution < -0.4 is 4.74 Å². The van der Waals surface area contributed by atoms with Gasteiger partial charge in [-0.3, -0.25) is 0 Å². The molecule has 0 aliphatic heterocycles. The van der Waals surface area contributed by atoms with Crippen LogP contribution in [-0.4, -0.2) is 36.4 Å². The number of sulfonamides is 1. The lowest BCUT2D eigenvalue weighted by atomic mass is 9.99. The molecule has 0 amide bonds.